The van der Waals surface area contributed by atoms with Crippen molar-refractivity contribution in [1.82, 2.24) is 9.97 Å². The van der Waals surface area contributed by atoms with E-state index in [1.165, 1.54) is 11.3 Å². The highest BCUT2D eigenvalue weighted by molar-refractivity contribution is 7.20. The maximum absolute atomic E-state index is 12.4. The number of ether oxygens (including phenoxy) is 4. The fraction of sp³-hybridized carbons (Fsp3) is 0.0833. The Morgan fingerprint density at radius 2 is 1.49 bits per heavy atom. The van der Waals surface area contributed by atoms with Gasteiger partial charge in [-0.2, -0.15) is 0 Å². The number of rotatable bonds is 12. The Balaban J connectivity index is 1.47. The molecule has 0 atom stereocenters. The van der Waals surface area contributed by atoms with E-state index in [2.05, 4.69) is 9.97 Å². The van der Waals surface area contributed by atoms with E-state index in [1.54, 1.807) is 56.0 Å². The fourth-order valence-corrected chi connectivity index (χ4v) is 5.68. The highest BCUT2D eigenvalue weighted by Gasteiger charge is 2.21. The van der Waals surface area contributed by atoms with Gasteiger partial charge in [0.25, 0.3) is 0 Å². The van der Waals surface area contributed by atoms with Gasteiger partial charge in [-0.15, -0.1) is 11.3 Å². The number of carboxylic acids is 1. The molecule has 0 fully saturated rings. The van der Waals surface area contributed by atoms with Crippen LogP contribution in [-0.4, -0.2) is 28.2 Å². The van der Waals surface area contributed by atoms with Crippen LogP contribution in [0.4, 0.5) is 0 Å². The van der Waals surface area contributed by atoms with Crippen LogP contribution in [0.2, 0.25) is 0 Å². The summed E-state index contributed by atoms with van der Waals surface area (Å²) in [6.45, 7) is 0.674. The van der Waals surface area contributed by atoms with Crippen molar-refractivity contribution in [3.8, 4) is 28.9 Å². The predicted molar refractivity (Wildman–Crippen MR) is 174 cm³/mol. The third kappa shape index (κ3) is 7.11. The van der Waals surface area contributed by atoms with Crippen molar-refractivity contribution < 1.29 is 28.8 Å². The van der Waals surface area contributed by atoms with Crippen LogP contribution in [0, 0.1) is 0 Å². The lowest BCUT2D eigenvalue weighted by atomic mass is 10.1. The molecule has 0 amide bonds. The van der Waals surface area contributed by atoms with Gasteiger partial charge < -0.3 is 24.1 Å². The molecule has 0 saturated carbocycles. The molecule has 224 valence electrons. The first-order valence-electron chi connectivity index (χ1n) is 14.0. The minimum atomic E-state index is -1.07. The zero-order chi connectivity index (χ0) is 31.0. The molecule has 8 nitrogen and oxygen atoms in total. The molecule has 0 bridgehead atoms. The van der Waals surface area contributed by atoms with E-state index in [1.807, 2.05) is 72.8 Å². The minimum absolute atomic E-state index is 0.0998. The molecule has 0 aliphatic carbocycles. The Hall–Kier alpha value is -5.67. The average molecular weight is 617 g/mol. The second kappa shape index (κ2) is 13.7. The van der Waals surface area contributed by atoms with Crippen LogP contribution in [0.1, 0.15) is 21.6 Å². The van der Waals surface area contributed by atoms with Gasteiger partial charge in [-0.3, -0.25) is 4.98 Å². The third-order valence-electron chi connectivity index (χ3n) is 6.84. The van der Waals surface area contributed by atoms with E-state index in [9.17, 15) is 9.90 Å². The molecule has 45 heavy (non-hydrogen) atoms. The van der Waals surface area contributed by atoms with Crippen molar-refractivity contribution in [3.05, 3.63) is 137 Å². The number of hydrogen-bond acceptors (Lipinski definition) is 8. The predicted octanol–water partition coefficient (Wildman–Crippen LogP) is 8.28. The largest absolute Gasteiger partial charge is 0.485 e. The maximum Gasteiger partial charge on any atom is 0.336 e. The van der Waals surface area contributed by atoms with Crippen molar-refractivity contribution in [2.24, 2.45) is 0 Å². The number of carboxylic acid groups (broad SMARTS) is 1. The Morgan fingerprint density at radius 1 is 0.844 bits per heavy atom. The van der Waals surface area contributed by atoms with Gasteiger partial charge >= 0.3 is 5.97 Å². The molecular formula is C36H28N2O6S. The number of aliphatic carboxylic acids is 1. The summed E-state index contributed by atoms with van der Waals surface area (Å²) < 4.78 is 25.1. The number of carbonyl (C=O) groups is 1. The SMILES string of the molecule is COc1ccc(Oc2c(/C=C(/C(=O)O)c3ccncc3)sc3cc(OCc4ccccc4)c(OCc4ccccc4)cc23)cn1. The summed E-state index contributed by atoms with van der Waals surface area (Å²) in [4.78, 5) is 21.3. The van der Waals surface area contributed by atoms with Crippen molar-refractivity contribution in [2.45, 2.75) is 13.2 Å². The number of thiophene rings is 1. The first-order chi connectivity index (χ1) is 22.1. The molecule has 9 heteroatoms. The van der Waals surface area contributed by atoms with Crippen LogP contribution in [0.3, 0.4) is 0 Å². The van der Waals surface area contributed by atoms with Gasteiger partial charge in [0.05, 0.1) is 23.8 Å². The summed E-state index contributed by atoms with van der Waals surface area (Å²) in [5.41, 5.74) is 2.64. The van der Waals surface area contributed by atoms with E-state index in [4.69, 9.17) is 18.9 Å². The highest BCUT2D eigenvalue weighted by Crippen LogP contribution is 2.46. The lowest BCUT2D eigenvalue weighted by Crippen LogP contribution is -2.00. The minimum Gasteiger partial charge on any atom is -0.485 e. The zero-order valence-electron chi connectivity index (χ0n) is 24.3. The summed E-state index contributed by atoms with van der Waals surface area (Å²) in [6, 6.07) is 30.3. The van der Waals surface area contributed by atoms with E-state index >= 15 is 0 Å². The average Bonchev–Trinajstić information content (AvgIpc) is 3.41. The molecule has 1 N–H and O–H groups in total. The number of pyridine rings is 2. The van der Waals surface area contributed by atoms with Crippen molar-refractivity contribution >= 4 is 39.0 Å². The molecular weight excluding hydrogens is 588 g/mol. The van der Waals surface area contributed by atoms with Gasteiger partial charge in [-0.25, -0.2) is 9.78 Å². The van der Waals surface area contributed by atoms with Crippen molar-refractivity contribution in [3.63, 3.8) is 0 Å². The van der Waals surface area contributed by atoms with Crippen LogP contribution < -0.4 is 18.9 Å². The van der Waals surface area contributed by atoms with Gasteiger partial charge in [-0.05, 0) is 47.0 Å². The highest BCUT2D eigenvalue weighted by atomic mass is 32.1. The smallest absolute Gasteiger partial charge is 0.336 e. The molecule has 0 spiro atoms. The van der Waals surface area contributed by atoms with Gasteiger partial charge in [0.15, 0.2) is 17.2 Å². The molecule has 0 unspecified atom stereocenters. The molecule has 6 aromatic rings. The summed E-state index contributed by atoms with van der Waals surface area (Å²) in [5, 5.41) is 10.9. The van der Waals surface area contributed by atoms with Gasteiger partial charge in [0, 0.05) is 34.6 Å². The van der Waals surface area contributed by atoms with E-state index in [0.717, 1.165) is 21.2 Å². The maximum atomic E-state index is 12.4. The number of aromatic nitrogens is 2. The summed E-state index contributed by atoms with van der Waals surface area (Å²) in [7, 11) is 1.54. The number of benzene rings is 3. The van der Waals surface area contributed by atoms with Gasteiger partial charge in [-0.1, -0.05) is 60.7 Å². The number of nitrogens with zero attached hydrogens (tertiary/aromatic N) is 2. The monoisotopic (exact) mass is 616 g/mol. The Labute approximate surface area is 263 Å². The first-order valence-corrected chi connectivity index (χ1v) is 14.9. The normalized spacial score (nSPS) is 11.3. The lowest BCUT2D eigenvalue weighted by molar-refractivity contribution is -0.130. The van der Waals surface area contributed by atoms with E-state index < -0.39 is 5.97 Å². The Kier molecular flexibility index (Phi) is 8.98. The molecule has 0 radical (unpaired) electrons. The number of hydrogen-bond donors (Lipinski definition) is 1. The third-order valence-corrected chi connectivity index (χ3v) is 7.92. The molecule has 3 heterocycles. The van der Waals surface area contributed by atoms with Crippen molar-refractivity contribution in [2.75, 3.05) is 7.11 Å². The standard InChI is InChI=1S/C36H28N2O6S/c1-41-34-13-12-27(21-38-34)44-35-29-18-30(42-22-24-8-4-2-5-9-24)31(43-23-25-10-6-3-7-11-25)20-32(29)45-33(35)19-28(36(39)40)26-14-16-37-17-15-26/h2-21H,22-23H2,1H3,(H,39,40)/b28-19+. The van der Waals surface area contributed by atoms with Crippen LogP contribution in [0.15, 0.2) is 116 Å². The zero-order valence-corrected chi connectivity index (χ0v) is 25.1. The summed E-state index contributed by atoms with van der Waals surface area (Å²) in [6.07, 6.45) is 6.29. The number of fused-ring (bicyclic) bond motifs is 1. The van der Waals surface area contributed by atoms with Crippen molar-refractivity contribution in [1.29, 1.82) is 0 Å². The van der Waals surface area contributed by atoms with E-state index in [0.29, 0.717) is 52.5 Å². The molecule has 0 aliphatic heterocycles. The van der Waals surface area contributed by atoms with Crippen LogP contribution >= 0.6 is 11.3 Å². The second-order valence-electron chi connectivity index (χ2n) is 9.88. The molecule has 3 aromatic carbocycles. The van der Waals surface area contributed by atoms with Crippen LogP contribution in [0.5, 0.6) is 28.9 Å². The number of methoxy groups -OCH3 is 1. The first kappa shape index (κ1) is 29.4. The fourth-order valence-electron chi connectivity index (χ4n) is 4.59. The lowest BCUT2D eigenvalue weighted by Gasteiger charge is -2.14. The second-order valence-corrected chi connectivity index (χ2v) is 11.0. The summed E-state index contributed by atoms with van der Waals surface area (Å²) >= 11 is 1.39. The van der Waals surface area contributed by atoms with Gasteiger partial charge in [0.2, 0.25) is 5.88 Å². The molecule has 0 saturated heterocycles. The Bertz CT molecular complexity index is 1930. The molecule has 0 aliphatic rings. The van der Waals surface area contributed by atoms with Crippen LogP contribution in [-0.2, 0) is 18.0 Å². The molecule has 6 rings (SSSR count). The topological polar surface area (TPSA) is 100 Å². The summed E-state index contributed by atoms with van der Waals surface area (Å²) in [5.74, 6) is 1.39. The van der Waals surface area contributed by atoms with Crippen LogP contribution in [0.25, 0.3) is 21.7 Å². The Morgan fingerprint density at radius 3 is 2.07 bits per heavy atom. The van der Waals surface area contributed by atoms with Gasteiger partial charge in [0.1, 0.15) is 19.0 Å². The van der Waals surface area contributed by atoms with E-state index in [-0.39, 0.29) is 5.57 Å². The molecule has 3 aromatic heterocycles. The quantitative estimate of drug-likeness (QED) is 0.137.